The van der Waals surface area contributed by atoms with Gasteiger partial charge in [0.1, 0.15) is 5.65 Å². The van der Waals surface area contributed by atoms with Crippen LogP contribution < -0.4 is 0 Å². The summed E-state index contributed by atoms with van der Waals surface area (Å²) in [6.07, 6.45) is 3.94. The summed E-state index contributed by atoms with van der Waals surface area (Å²) < 4.78 is 4.56. The van der Waals surface area contributed by atoms with Crippen molar-refractivity contribution in [2.24, 2.45) is 0 Å². The van der Waals surface area contributed by atoms with E-state index in [1.54, 1.807) is 0 Å². The molecular formula is C45H29N5. The molecule has 0 aliphatic carbocycles. The molecule has 4 heterocycles. The first-order valence-corrected chi connectivity index (χ1v) is 16.8. The fourth-order valence-corrected chi connectivity index (χ4v) is 7.33. The van der Waals surface area contributed by atoms with Crippen LogP contribution in [0.1, 0.15) is 0 Å². The molecule has 0 fully saturated rings. The summed E-state index contributed by atoms with van der Waals surface area (Å²) in [4.78, 5) is 15.2. The fraction of sp³-hybridized carbons (Fsp3) is 0. The van der Waals surface area contributed by atoms with E-state index in [2.05, 4.69) is 124 Å². The van der Waals surface area contributed by atoms with Crippen LogP contribution in [0.2, 0.25) is 0 Å². The molecular weight excluding hydrogens is 611 g/mol. The van der Waals surface area contributed by atoms with Gasteiger partial charge in [-0.05, 0) is 48.0 Å². The highest BCUT2D eigenvalue weighted by Gasteiger charge is 2.20. The second-order valence-corrected chi connectivity index (χ2v) is 12.5. The van der Waals surface area contributed by atoms with Crippen LogP contribution in [0.15, 0.2) is 176 Å². The molecule has 4 aromatic heterocycles. The van der Waals surface area contributed by atoms with E-state index in [0.717, 1.165) is 61.3 Å². The average Bonchev–Trinajstić information content (AvgIpc) is 3.71. The quantitative estimate of drug-likeness (QED) is 0.188. The molecule has 10 rings (SSSR count). The maximum Gasteiger partial charge on any atom is 0.159 e. The number of pyridine rings is 1. The normalized spacial score (nSPS) is 11.6. The van der Waals surface area contributed by atoms with Gasteiger partial charge in [-0.25, -0.2) is 15.0 Å². The minimum Gasteiger partial charge on any atom is -0.309 e. The van der Waals surface area contributed by atoms with Gasteiger partial charge in [0, 0.05) is 50.1 Å². The maximum atomic E-state index is 5.18. The molecule has 0 saturated heterocycles. The van der Waals surface area contributed by atoms with E-state index in [1.807, 2.05) is 60.9 Å². The first kappa shape index (κ1) is 28.2. The van der Waals surface area contributed by atoms with Gasteiger partial charge < -0.3 is 4.57 Å². The third-order valence-corrected chi connectivity index (χ3v) is 9.62. The van der Waals surface area contributed by atoms with Crippen molar-refractivity contribution in [3.63, 3.8) is 0 Å². The van der Waals surface area contributed by atoms with Crippen LogP contribution in [-0.4, -0.2) is 24.1 Å². The van der Waals surface area contributed by atoms with E-state index in [9.17, 15) is 0 Å². The lowest BCUT2D eigenvalue weighted by Crippen LogP contribution is -2.03. The molecule has 10 aromatic rings. The van der Waals surface area contributed by atoms with E-state index < -0.39 is 0 Å². The molecule has 0 saturated carbocycles. The van der Waals surface area contributed by atoms with Gasteiger partial charge in [0.15, 0.2) is 5.82 Å². The van der Waals surface area contributed by atoms with E-state index in [-0.39, 0.29) is 0 Å². The van der Waals surface area contributed by atoms with E-state index >= 15 is 0 Å². The van der Waals surface area contributed by atoms with Crippen LogP contribution in [0.5, 0.6) is 0 Å². The number of para-hydroxylation sites is 3. The lowest BCUT2D eigenvalue weighted by atomic mass is 10.0. The molecule has 50 heavy (non-hydrogen) atoms. The predicted molar refractivity (Wildman–Crippen MR) is 205 cm³/mol. The summed E-state index contributed by atoms with van der Waals surface area (Å²) >= 11 is 0. The molecule has 234 valence electrons. The van der Waals surface area contributed by atoms with Crippen molar-refractivity contribution < 1.29 is 0 Å². The number of rotatable bonds is 5. The van der Waals surface area contributed by atoms with Gasteiger partial charge in [-0.15, -0.1) is 0 Å². The Bertz CT molecular complexity index is 2850. The van der Waals surface area contributed by atoms with Crippen molar-refractivity contribution in [3.8, 4) is 45.1 Å². The van der Waals surface area contributed by atoms with Crippen molar-refractivity contribution in [2.45, 2.75) is 0 Å². The third-order valence-electron chi connectivity index (χ3n) is 9.62. The molecule has 5 nitrogen and oxygen atoms in total. The highest BCUT2D eigenvalue weighted by atomic mass is 15.1. The van der Waals surface area contributed by atoms with Crippen LogP contribution in [0.3, 0.4) is 0 Å². The first-order chi connectivity index (χ1) is 24.8. The Hall–Kier alpha value is -6.85. The zero-order chi connectivity index (χ0) is 33.0. The summed E-state index contributed by atoms with van der Waals surface area (Å²) in [5, 5.41) is 4.65. The monoisotopic (exact) mass is 639 g/mol. The smallest absolute Gasteiger partial charge is 0.159 e. The number of hydrogen-bond acceptors (Lipinski definition) is 3. The van der Waals surface area contributed by atoms with Crippen molar-refractivity contribution in [1.82, 2.24) is 24.1 Å². The summed E-state index contributed by atoms with van der Waals surface area (Å²) in [5.74, 6) is 0.688. The van der Waals surface area contributed by atoms with Crippen LogP contribution in [0.25, 0.3) is 88.9 Å². The van der Waals surface area contributed by atoms with E-state index in [1.165, 1.54) is 21.8 Å². The molecule has 0 unspecified atom stereocenters. The largest absolute Gasteiger partial charge is 0.309 e. The average molecular weight is 640 g/mol. The second kappa shape index (κ2) is 11.4. The van der Waals surface area contributed by atoms with Gasteiger partial charge in [-0.3, -0.25) is 4.57 Å². The van der Waals surface area contributed by atoms with Crippen molar-refractivity contribution in [2.75, 3.05) is 0 Å². The molecule has 0 radical (unpaired) electrons. The summed E-state index contributed by atoms with van der Waals surface area (Å²) in [6, 6.07) is 57.2. The van der Waals surface area contributed by atoms with Crippen molar-refractivity contribution in [1.29, 1.82) is 0 Å². The Kier molecular flexibility index (Phi) is 6.42. The number of aromatic nitrogens is 5. The lowest BCUT2D eigenvalue weighted by Gasteiger charge is -2.14. The number of hydrogen-bond donors (Lipinski definition) is 0. The maximum absolute atomic E-state index is 5.18. The summed E-state index contributed by atoms with van der Waals surface area (Å²) in [7, 11) is 0. The topological polar surface area (TPSA) is 48.5 Å². The predicted octanol–water partition coefficient (Wildman–Crippen LogP) is 11.1. The van der Waals surface area contributed by atoms with E-state index in [4.69, 9.17) is 15.0 Å². The van der Waals surface area contributed by atoms with Crippen molar-refractivity contribution in [3.05, 3.63) is 176 Å². The highest BCUT2D eigenvalue weighted by Crippen LogP contribution is 2.39. The Labute approximate surface area is 288 Å². The Morgan fingerprint density at radius 3 is 1.70 bits per heavy atom. The van der Waals surface area contributed by atoms with Gasteiger partial charge >= 0.3 is 0 Å². The van der Waals surface area contributed by atoms with Gasteiger partial charge in [0.2, 0.25) is 0 Å². The van der Waals surface area contributed by atoms with Gasteiger partial charge in [0.25, 0.3) is 0 Å². The van der Waals surface area contributed by atoms with Crippen LogP contribution >= 0.6 is 0 Å². The third kappa shape index (κ3) is 4.45. The zero-order valence-corrected chi connectivity index (χ0v) is 27.0. The zero-order valence-electron chi connectivity index (χ0n) is 27.0. The van der Waals surface area contributed by atoms with Crippen LogP contribution in [0.4, 0.5) is 0 Å². The molecule has 0 N–H and O–H groups in total. The minimum absolute atomic E-state index is 0.688. The molecule has 0 aliphatic heterocycles. The first-order valence-electron chi connectivity index (χ1n) is 16.8. The number of nitrogens with zero attached hydrogens (tertiary/aromatic N) is 5. The van der Waals surface area contributed by atoms with Gasteiger partial charge in [-0.2, -0.15) is 0 Å². The van der Waals surface area contributed by atoms with Gasteiger partial charge in [-0.1, -0.05) is 121 Å². The molecule has 0 amide bonds. The summed E-state index contributed by atoms with van der Waals surface area (Å²) in [6.45, 7) is 0. The minimum atomic E-state index is 0.688. The Morgan fingerprint density at radius 2 is 0.960 bits per heavy atom. The Balaban J connectivity index is 1.17. The Morgan fingerprint density at radius 1 is 0.380 bits per heavy atom. The fourth-order valence-electron chi connectivity index (χ4n) is 7.33. The number of fused-ring (bicyclic) bond motifs is 6. The molecule has 0 bridgehead atoms. The second-order valence-electron chi connectivity index (χ2n) is 12.5. The lowest BCUT2D eigenvalue weighted by molar-refractivity contribution is 1.07. The highest BCUT2D eigenvalue weighted by molar-refractivity contribution is 6.12. The molecule has 5 heteroatoms. The van der Waals surface area contributed by atoms with Crippen LogP contribution in [0, 0.1) is 0 Å². The molecule has 6 aromatic carbocycles. The van der Waals surface area contributed by atoms with Crippen molar-refractivity contribution >= 4 is 43.7 Å². The molecule has 0 spiro atoms. The molecule has 0 aliphatic rings. The SMILES string of the molecule is c1ccc(-c2ncc(-n3c4ccccc4c4cc(-c5ccc6c(c5)c5ccccc5n6-c5ccccc5)cnc43)c(-c3ccccc3)n2)cc1. The van der Waals surface area contributed by atoms with E-state index in [0.29, 0.717) is 5.82 Å². The summed E-state index contributed by atoms with van der Waals surface area (Å²) in [5.41, 5.74) is 11.4. The van der Waals surface area contributed by atoms with Gasteiger partial charge in [0.05, 0.1) is 34.1 Å². The standard InChI is InChI=1S/C45H29N5/c1-4-14-30(15-5-1)43-42(29-46-44(48-43)31-16-6-2-7-17-31)50-40-23-13-11-21-36(40)38-27-33(28-47-45(38)50)32-24-25-41-37(26-32)35-20-10-12-22-39(35)49(41)34-18-8-3-9-19-34/h1-29H. The van der Waals surface area contributed by atoms with Crippen LogP contribution in [-0.2, 0) is 0 Å². The molecule has 0 atom stereocenters. The number of benzene rings is 6.